The molecule has 30 heavy (non-hydrogen) atoms. The summed E-state index contributed by atoms with van der Waals surface area (Å²) in [4.78, 5) is 23.4. The summed E-state index contributed by atoms with van der Waals surface area (Å²) in [6.45, 7) is 0. The van der Waals surface area contributed by atoms with Crippen LogP contribution in [0.25, 0.3) is 0 Å². The first-order chi connectivity index (χ1) is 14.5. The highest BCUT2D eigenvalue weighted by atomic mass is 32.2. The normalized spacial score (nSPS) is 13.7. The number of carbonyl (C=O) groups is 2. The van der Waals surface area contributed by atoms with Crippen molar-refractivity contribution >= 4 is 28.6 Å². The molecule has 0 saturated heterocycles. The lowest BCUT2D eigenvalue weighted by Gasteiger charge is -2.23. The molecule has 0 heterocycles. The van der Waals surface area contributed by atoms with Crippen LogP contribution in [0.3, 0.4) is 0 Å². The highest BCUT2D eigenvalue weighted by Crippen LogP contribution is 2.31. The van der Waals surface area contributed by atoms with Crippen LogP contribution in [0.4, 0.5) is 10.5 Å². The summed E-state index contributed by atoms with van der Waals surface area (Å²) < 4.78 is 5.97. The van der Waals surface area contributed by atoms with Gasteiger partial charge in [-0.25, -0.2) is 0 Å². The van der Waals surface area contributed by atoms with E-state index in [2.05, 4.69) is 10.6 Å². The highest BCUT2D eigenvalue weighted by molar-refractivity contribution is 8.13. The first kappa shape index (κ1) is 21.8. The van der Waals surface area contributed by atoms with Crippen molar-refractivity contribution < 1.29 is 14.3 Å². The van der Waals surface area contributed by atoms with E-state index in [9.17, 15) is 9.59 Å². The zero-order chi connectivity index (χ0) is 21.3. The van der Waals surface area contributed by atoms with Crippen LogP contribution in [0.5, 0.6) is 5.75 Å². The fourth-order valence-corrected chi connectivity index (χ4v) is 3.72. The van der Waals surface area contributed by atoms with Gasteiger partial charge < -0.3 is 21.1 Å². The average Bonchev–Trinajstić information content (AvgIpc) is 2.71. The van der Waals surface area contributed by atoms with E-state index in [0.717, 1.165) is 41.6 Å². The standard InChI is InChI=1S/C23H27N3O3S/c1-25-22(27)21(14-16-6-3-2-4-7-16)29-19-12-10-18(11-13-19)26-20(15-30-23(24)28)17-8-5-9-17/h2-4,6-7,10-13,21,26H,5,8-9,14-15H2,1H3,(H2,24,28)(H,25,27). The molecule has 0 bridgehead atoms. The minimum absolute atomic E-state index is 0.165. The van der Waals surface area contributed by atoms with Crippen molar-refractivity contribution in [2.45, 2.75) is 31.8 Å². The second-order valence-corrected chi connectivity index (χ2v) is 8.08. The number of thioether (sulfide) groups is 1. The molecule has 2 amide bonds. The van der Waals surface area contributed by atoms with Gasteiger partial charge in [-0.3, -0.25) is 9.59 Å². The van der Waals surface area contributed by atoms with Gasteiger partial charge in [0.1, 0.15) is 5.75 Å². The third-order valence-corrected chi connectivity index (χ3v) is 5.69. The van der Waals surface area contributed by atoms with E-state index < -0.39 is 6.10 Å². The maximum atomic E-state index is 12.3. The zero-order valence-corrected chi connectivity index (χ0v) is 17.8. The molecule has 1 aliphatic rings. The summed E-state index contributed by atoms with van der Waals surface area (Å²) in [5.41, 5.74) is 9.60. The van der Waals surface area contributed by atoms with Crippen molar-refractivity contribution in [2.24, 2.45) is 5.73 Å². The van der Waals surface area contributed by atoms with Crippen molar-refractivity contribution in [1.82, 2.24) is 5.32 Å². The summed E-state index contributed by atoms with van der Waals surface area (Å²) in [5, 5.41) is 5.70. The minimum Gasteiger partial charge on any atom is -0.480 e. The number of hydrogen-bond donors (Lipinski definition) is 3. The van der Waals surface area contributed by atoms with Gasteiger partial charge in [0.25, 0.3) is 11.1 Å². The first-order valence-corrected chi connectivity index (χ1v) is 11.0. The SMILES string of the molecule is CNC(=O)C(Cc1ccccc1)Oc1ccc(NC(CSC(N)=O)=C2CCC2)cc1. The van der Waals surface area contributed by atoms with Gasteiger partial charge in [-0.15, -0.1) is 0 Å². The molecular weight excluding hydrogens is 398 g/mol. The van der Waals surface area contributed by atoms with Gasteiger partial charge >= 0.3 is 0 Å². The molecule has 1 saturated carbocycles. The monoisotopic (exact) mass is 425 g/mol. The summed E-state index contributed by atoms with van der Waals surface area (Å²) in [6, 6.07) is 17.3. The number of nitrogens with one attached hydrogen (secondary N) is 2. The van der Waals surface area contributed by atoms with E-state index in [1.807, 2.05) is 54.6 Å². The van der Waals surface area contributed by atoms with Crippen molar-refractivity contribution in [3.63, 3.8) is 0 Å². The van der Waals surface area contributed by atoms with Crippen LogP contribution >= 0.6 is 11.8 Å². The van der Waals surface area contributed by atoms with Gasteiger partial charge in [-0.1, -0.05) is 47.7 Å². The van der Waals surface area contributed by atoms with E-state index in [1.54, 1.807) is 7.05 Å². The molecule has 1 aliphatic carbocycles. The zero-order valence-electron chi connectivity index (χ0n) is 17.0. The molecule has 7 heteroatoms. The second kappa shape index (κ2) is 10.7. The average molecular weight is 426 g/mol. The van der Waals surface area contributed by atoms with E-state index >= 15 is 0 Å². The Labute approximate surface area is 181 Å². The Hall–Kier alpha value is -2.93. The van der Waals surface area contributed by atoms with Crippen molar-refractivity contribution in [1.29, 1.82) is 0 Å². The molecule has 2 aromatic rings. The number of allylic oxidation sites excluding steroid dienone is 1. The Morgan fingerprint density at radius 1 is 1.10 bits per heavy atom. The van der Waals surface area contributed by atoms with Crippen LogP contribution in [0.2, 0.25) is 0 Å². The fraction of sp³-hybridized carbons (Fsp3) is 0.304. The molecule has 2 aromatic carbocycles. The highest BCUT2D eigenvalue weighted by Gasteiger charge is 2.20. The van der Waals surface area contributed by atoms with Crippen LogP contribution in [-0.4, -0.2) is 30.1 Å². The summed E-state index contributed by atoms with van der Waals surface area (Å²) in [5.74, 6) is 0.995. The Morgan fingerprint density at radius 3 is 2.37 bits per heavy atom. The number of anilines is 1. The second-order valence-electron chi connectivity index (χ2n) is 7.10. The number of nitrogens with two attached hydrogens (primary N) is 1. The smallest absolute Gasteiger partial charge is 0.276 e. The van der Waals surface area contributed by atoms with Crippen LogP contribution in [0, 0.1) is 0 Å². The van der Waals surface area contributed by atoms with Crippen molar-refractivity contribution in [3.05, 3.63) is 71.4 Å². The van der Waals surface area contributed by atoms with Crippen molar-refractivity contribution in [3.8, 4) is 5.75 Å². The van der Waals surface area contributed by atoms with E-state index in [4.69, 9.17) is 10.5 Å². The maximum Gasteiger partial charge on any atom is 0.276 e. The van der Waals surface area contributed by atoms with Gasteiger partial charge in [0, 0.05) is 30.6 Å². The molecule has 1 atom stereocenters. The summed E-state index contributed by atoms with van der Waals surface area (Å²) in [7, 11) is 1.61. The Morgan fingerprint density at radius 2 is 1.80 bits per heavy atom. The molecule has 0 radical (unpaired) electrons. The molecule has 3 rings (SSSR count). The molecular formula is C23H27N3O3S. The number of benzene rings is 2. The van der Waals surface area contributed by atoms with E-state index in [-0.39, 0.29) is 11.1 Å². The number of amides is 2. The fourth-order valence-electron chi connectivity index (χ4n) is 3.16. The molecule has 0 aromatic heterocycles. The number of primary amides is 1. The number of hydrogen-bond acceptors (Lipinski definition) is 5. The van der Waals surface area contributed by atoms with Gasteiger partial charge in [-0.05, 0) is 49.1 Å². The minimum atomic E-state index is -0.615. The predicted octanol–water partition coefficient (Wildman–Crippen LogP) is 4.08. The number of ether oxygens (including phenoxy) is 1. The molecule has 0 spiro atoms. The van der Waals surface area contributed by atoms with Gasteiger partial charge in [-0.2, -0.15) is 0 Å². The molecule has 4 N–H and O–H groups in total. The number of carbonyl (C=O) groups excluding carboxylic acids is 2. The lowest BCUT2D eigenvalue weighted by atomic mass is 9.91. The van der Waals surface area contributed by atoms with E-state index in [1.165, 1.54) is 12.0 Å². The van der Waals surface area contributed by atoms with Gasteiger partial charge in [0.15, 0.2) is 6.10 Å². The lowest BCUT2D eigenvalue weighted by Crippen LogP contribution is -2.37. The number of likely N-dealkylation sites (N-methyl/N-ethyl adjacent to an activating group) is 1. The summed E-state index contributed by atoms with van der Waals surface area (Å²) >= 11 is 1.10. The molecule has 158 valence electrons. The van der Waals surface area contributed by atoms with E-state index in [0.29, 0.717) is 17.9 Å². The largest absolute Gasteiger partial charge is 0.480 e. The van der Waals surface area contributed by atoms with Crippen molar-refractivity contribution in [2.75, 3.05) is 18.1 Å². The molecule has 0 aliphatic heterocycles. The van der Waals surface area contributed by atoms with Gasteiger partial charge in [0.2, 0.25) is 0 Å². The Bertz CT molecular complexity index is 892. The molecule has 6 nitrogen and oxygen atoms in total. The predicted molar refractivity (Wildman–Crippen MR) is 122 cm³/mol. The van der Waals surface area contributed by atoms with Crippen LogP contribution < -0.4 is 21.1 Å². The third kappa shape index (κ3) is 6.29. The summed E-state index contributed by atoms with van der Waals surface area (Å²) in [6.07, 6.45) is 3.15. The molecule has 1 unspecified atom stereocenters. The van der Waals surface area contributed by atoms with Crippen LogP contribution in [0.15, 0.2) is 65.9 Å². The lowest BCUT2D eigenvalue weighted by molar-refractivity contribution is -0.127. The molecule has 1 fully saturated rings. The maximum absolute atomic E-state index is 12.3. The number of rotatable bonds is 9. The van der Waals surface area contributed by atoms with Crippen LogP contribution in [-0.2, 0) is 11.2 Å². The Balaban J connectivity index is 1.66. The third-order valence-electron chi connectivity index (χ3n) is 4.97. The Kier molecular flexibility index (Phi) is 7.79. The topological polar surface area (TPSA) is 93.4 Å². The quantitative estimate of drug-likeness (QED) is 0.563. The van der Waals surface area contributed by atoms with Gasteiger partial charge in [0.05, 0.1) is 0 Å². The van der Waals surface area contributed by atoms with Crippen LogP contribution in [0.1, 0.15) is 24.8 Å². The first-order valence-electron chi connectivity index (χ1n) is 9.97.